The molecular weight excluding hydrogens is 512 g/mol. The Morgan fingerprint density at radius 3 is 2.14 bits per heavy atom. The zero-order valence-electron chi connectivity index (χ0n) is 17.9. The molecule has 0 bridgehead atoms. The zero-order valence-corrected chi connectivity index (χ0v) is 18.7. The van der Waals surface area contributed by atoms with Crippen LogP contribution < -0.4 is 5.32 Å². The summed E-state index contributed by atoms with van der Waals surface area (Å²) in [5.41, 5.74) is -1.52. The molecule has 2 aromatic heterocycles. The molecule has 1 amide bonds. The fraction of sp³-hybridized carbons (Fsp3) is 0.130. The maximum absolute atomic E-state index is 12.9. The van der Waals surface area contributed by atoms with Crippen LogP contribution in [0.1, 0.15) is 27.2 Å². The van der Waals surface area contributed by atoms with Gasteiger partial charge >= 0.3 is 12.4 Å². The average Bonchev–Trinajstić information content (AvgIpc) is 3.25. The van der Waals surface area contributed by atoms with Crippen molar-refractivity contribution in [3.63, 3.8) is 0 Å². The minimum Gasteiger partial charge on any atom is -0.347 e. The van der Waals surface area contributed by atoms with Gasteiger partial charge < -0.3 is 9.72 Å². The van der Waals surface area contributed by atoms with E-state index in [0.29, 0.717) is 11.6 Å². The van der Waals surface area contributed by atoms with Crippen molar-refractivity contribution < 1.29 is 39.6 Å². The summed E-state index contributed by atoms with van der Waals surface area (Å²) in [5.74, 6) is -0.673. The van der Waals surface area contributed by atoms with Crippen molar-refractivity contribution >= 4 is 21.4 Å². The second kappa shape index (κ2) is 8.97. The van der Waals surface area contributed by atoms with Gasteiger partial charge in [-0.05, 0) is 48.0 Å². The number of carbonyl (C=O) groups is 1. The van der Waals surface area contributed by atoms with Gasteiger partial charge in [-0.3, -0.25) is 4.79 Å². The van der Waals surface area contributed by atoms with E-state index in [1.54, 1.807) is 0 Å². The van der Waals surface area contributed by atoms with Crippen LogP contribution >= 0.6 is 0 Å². The predicted octanol–water partition coefficient (Wildman–Crippen LogP) is 5.13. The number of imidazole rings is 1. The molecule has 6 nitrogen and oxygen atoms in total. The van der Waals surface area contributed by atoms with Crippen LogP contribution in [0.5, 0.6) is 0 Å². The number of benzene rings is 2. The van der Waals surface area contributed by atoms with Gasteiger partial charge in [-0.25, -0.2) is 13.4 Å². The number of hydrogen-bond donors (Lipinski definition) is 1. The summed E-state index contributed by atoms with van der Waals surface area (Å²) >= 11 is 0. The third-order valence-electron chi connectivity index (χ3n) is 5.17. The number of nitrogens with one attached hydrogen (secondary N) is 1. The molecule has 0 spiro atoms. The maximum Gasteiger partial charge on any atom is 0.417 e. The molecule has 4 aromatic rings. The van der Waals surface area contributed by atoms with E-state index in [9.17, 15) is 39.6 Å². The van der Waals surface area contributed by atoms with E-state index in [2.05, 4.69) is 10.3 Å². The first-order chi connectivity index (χ1) is 16.7. The van der Waals surface area contributed by atoms with Crippen LogP contribution in [-0.4, -0.2) is 23.7 Å². The summed E-state index contributed by atoms with van der Waals surface area (Å²) in [6.45, 7) is -0.0651. The summed E-state index contributed by atoms with van der Waals surface area (Å²) in [7, 11) is -4.22. The maximum atomic E-state index is 12.9. The Morgan fingerprint density at radius 2 is 1.50 bits per heavy atom. The lowest BCUT2D eigenvalue weighted by Gasteiger charge is -2.10. The number of halogens is 6. The molecular formula is C23H15F6N3O3S. The summed E-state index contributed by atoms with van der Waals surface area (Å²) in [5, 5.41) is 2.52. The van der Waals surface area contributed by atoms with Gasteiger partial charge in [0, 0.05) is 18.9 Å². The van der Waals surface area contributed by atoms with Crippen molar-refractivity contribution in [2.24, 2.45) is 0 Å². The van der Waals surface area contributed by atoms with Crippen molar-refractivity contribution in [3.05, 3.63) is 95.4 Å². The van der Waals surface area contributed by atoms with Gasteiger partial charge in [0.2, 0.25) is 9.84 Å². The number of aromatic nitrogens is 2. The van der Waals surface area contributed by atoms with E-state index < -0.39 is 44.1 Å². The Hall–Kier alpha value is -3.87. The van der Waals surface area contributed by atoms with E-state index in [4.69, 9.17) is 0 Å². The number of alkyl halides is 6. The van der Waals surface area contributed by atoms with Crippen molar-refractivity contribution in [2.45, 2.75) is 28.7 Å². The largest absolute Gasteiger partial charge is 0.417 e. The fourth-order valence-corrected chi connectivity index (χ4v) is 4.61. The van der Waals surface area contributed by atoms with Crippen molar-refractivity contribution in [1.29, 1.82) is 0 Å². The van der Waals surface area contributed by atoms with Gasteiger partial charge in [0.15, 0.2) is 0 Å². The smallest absolute Gasteiger partial charge is 0.347 e. The van der Waals surface area contributed by atoms with Gasteiger partial charge in [-0.15, -0.1) is 0 Å². The van der Waals surface area contributed by atoms with Crippen LogP contribution in [0, 0.1) is 0 Å². The van der Waals surface area contributed by atoms with Gasteiger partial charge in [0.25, 0.3) is 5.91 Å². The number of carbonyl (C=O) groups excluding carboxylic acids is 1. The first-order valence-electron chi connectivity index (χ1n) is 10.1. The number of pyridine rings is 1. The summed E-state index contributed by atoms with van der Waals surface area (Å²) in [6.07, 6.45) is -7.30. The van der Waals surface area contributed by atoms with Gasteiger partial charge in [0.05, 0.1) is 20.9 Å². The Balaban J connectivity index is 1.46. The molecule has 0 atom stereocenters. The minimum absolute atomic E-state index is 0.0651. The molecule has 0 saturated carbocycles. The Kier molecular flexibility index (Phi) is 6.29. The Morgan fingerprint density at radius 1 is 0.833 bits per heavy atom. The van der Waals surface area contributed by atoms with Crippen molar-refractivity contribution in [1.82, 2.24) is 14.7 Å². The highest BCUT2D eigenvalue weighted by molar-refractivity contribution is 7.91. The van der Waals surface area contributed by atoms with E-state index >= 15 is 0 Å². The normalized spacial score (nSPS) is 12.6. The first-order valence-corrected chi connectivity index (χ1v) is 11.6. The second-order valence-electron chi connectivity index (χ2n) is 7.66. The highest BCUT2D eigenvalue weighted by Gasteiger charge is 2.32. The molecule has 2 aromatic carbocycles. The summed E-state index contributed by atoms with van der Waals surface area (Å²) in [6, 6.07) is 10.5. The van der Waals surface area contributed by atoms with E-state index in [-0.39, 0.29) is 22.8 Å². The second-order valence-corrected chi connectivity index (χ2v) is 9.61. The summed E-state index contributed by atoms with van der Waals surface area (Å²) < 4.78 is 104. The highest BCUT2D eigenvalue weighted by Crippen LogP contribution is 2.32. The van der Waals surface area contributed by atoms with Gasteiger partial charge in [0.1, 0.15) is 11.3 Å². The molecule has 13 heteroatoms. The predicted molar refractivity (Wildman–Crippen MR) is 115 cm³/mol. The monoisotopic (exact) mass is 527 g/mol. The topological polar surface area (TPSA) is 80.5 Å². The van der Waals surface area contributed by atoms with Crippen LogP contribution in [-0.2, 0) is 28.7 Å². The molecule has 4 rings (SSSR count). The molecule has 0 radical (unpaired) electrons. The van der Waals surface area contributed by atoms with E-state index in [1.807, 2.05) is 0 Å². The van der Waals surface area contributed by atoms with E-state index in [0.717, 1.165) is 47.1 Å². The highest BCUT2D eigenvalue weighted by atomic mass is 32.2. The van der Waals surface area contributed by atoms with E-state index in [1.165, 1.54) is 24.3 Å². The average molecular weight is 527 g/mol. The molecule has 0 aliphatic heterocycles. The van der Waals surface area contributed by atoms with Crippen molar-refractivity contribution in [2.75, 3.05) is 0 Å². The third-order valence-corrected chi connectivity index (χ3v) is 6.94. The number of nitrogens with zero attached hydrogens (tertiary/aromatic N) is 2. The zero-order chi connectivity index (χ0) is 26.3. The lowest BCUT2D eigenvalue weighted by molar-refractivity contribution is -0.138. The molecule has 1 N–H and O–H groups in total. The molecule has 2 heterocycles. The number of fused-ring (bicyclic) bond motifs is 1. The number of rotatable bonds is 5. The van der Waals surface area contributed by atoms with Crippen LogP contribution in [0.15, 0.2) is 82.8 Å². The van der Waals surface area contributed by atoms with Crippen molar-refractivity contribution in [3.8, 4) is 0 Å². The lowest BCUT2D eigenvalue weighted by Crippen LogP contribution is -2.23. The Bertz CT molecular complexity index is 1540. The fourth-order valence-electron chi connectivity index (χ4n) is 3.30. The molecule has 36 heavy (non-hydrogen) atoms. The third kappa shape index (κ3) is 5.20. The first kappa shape index (κ1) is 25.2. The van der Waals surface area contributed by atoms with Crippen LogP contribution in [0.2, 0.25) is 0 Å². The van der Waals surface area contributed by atoms with Crippen LogP contribution in [0.4, 0.5) is 26.3 Å². The molecule has 0 saturated heterocycles. The van der Waals surface area contributed by atoms with Gasteiger partial charge in [-0.1, -0.05) is 18.2 Å². The minimum atomic E-state index is -4.70. The SMILES string of the molecule is O=C(NCc1ccc(S(=O)(=O)c2cccc(C(F)(F)F)c2)cc1)c1cn2cc(C(F)(F)F)ccc2n1. The van der Waals surface area contributed by atoms with Crippen LogP contribution in [0.3, 0.4) is 0 Å². The molecule has 0 fully saturated rings. The number of amides is 1. The molecule has 188 valence electrons. The molecule has 0 aliphatic rings. The number of hydrogen-bond acceptors (Lipinski definition) is 4. The molecule has 0 unspecified atom stereocenters. The standard InChI is InChI=1S/C23H15F6N3O3S/c24-22(25,26)15-2-1-3-18(10-15)36(34,35)17-7-4-14(5-8-17)11-30-21(33)19-13-32-12-16(23(27,28)29)6-9-20(32)31-19/h1-10,12-13H,11H2,(H,30,33). The quantitative estimate of drug-likeness (QED) is 0.365. The van der Waals surface area contributed by atoms with Crippen LogP contribution in [0.25, 0.3) is 5.65 Å². The number of sulfone groups is 1. The van der Waals surface area contributed by atoms with Gasteiger partial charge in [-0.2, -0.15) is 26.3 Å². The Labute approximate surface area is 200 Å². The lowest BCUT2D eigenvalue weighted by atomic mass is 10.2. The summed E-state index contributed by atoms with van der Waals surface area (Å²) in [4.78, 5) is 15.6. The molecule has 0 aliphatic carbocycles.